The van der Waals surface area contributed by atoms with E-state index in [4.69, 9.17) is 22.1 Å². The highest BCUT2D eigenvalue weighted by Crippen LogP contribution is 2.53. The Bertz CT molecular complexity index is 1470. The summed E-state index contributed by atoms with van der Waals surface area (Å²) in [6, 6.07) is 7.88. The summed E-state index contributed by atoms with van der Waals surface area (Å²) in [5, 5.41) is 0.325. The van der Waals surface area contributed by atoms with Gasteiger partial charge in [-0.05, 0) is 69.4 Å². The second-order valence-electron chi connectivity index (χ2n) is 11.4. The van der Waals surface area contributed by atoms with Gasteiger partial charge in [-0.2, -0.15) is 0 Å². The summed E-state index contributed by atoms with van der Waals surface area (Å²) >= 11 is 6.29. The molecule has 3 N–H and O–H groups in total. The number of benzene rings is 1. The largest absolute Gasteiger partial charge is 0.598 e. The topological polar surface area (TPSA) is 121 Å². The van der Waals surface area contributed by atoms with Crippen LogP contribution in [0, 0.1) is 5.41 Å². The number of rotatable bonds is 6. The summed E-state index contributed by atoms with van der Waals surface area (Å²) in [4.78, 5) is 25.2. The third-order valence-corrected chi connectivity index (χ3v) is 11.0. The highest BCUT2D eigenvalue weighted by atomic mass is 35.5. The average molecular weight is 603 g/mol. The fourth-order valence-corrected chi connectivity index (χ4v) is 7.61. The normalized spacial score (nSPS) is 19.1. The van der Waals surface area contributed by atoms with Crippen molar-refractivity contribution >= 4 is 46.5 Å². The zero-order valence-corrected chi connectivity index (χ0v) is 25.8. The lowest BCUT2D eigenvalue weighted by molar-refractivity contribution is 0.175. The monoisotopic (exact) mass is 602 g/mol. The van der Waals surface area contributed by atoms with Crippen LogP contribution in [0.4, 0.5) is 11.8 Å². The minimum atomic E-state index is -1.23. The van der Waals surface area contributed by atoms with Gasteiger partial charge in [0.15, 0.2) is 0 Å². The van der Waals surface area contributed by atoms with Crippen molar-refractivity contribution < 1.29 is 9.29 Å². The zero-order chi connectivity index (χ0) is 28.8. The molecule has 2 aliphatic rings. The van der Waals surface area contributed by atoms with Gasteiger partial charge in [-0.15, -0.1) is 4.72 Å². The van der Waals surface area contributed by atoms with E-state index in [-0.39, 0.29) is 22.8 Å². The van der Waals surface area contributed by atoms with E-state index < -0.39 is 16.1 Å². The molecule has 0 unspecified atom stereocenters. The van der Waals surface area contributed by atoms with Crippen molar-refractivity contribution in [3.05, 3.63) is 63.2 Å². The van der Waals surface area contributed by atoms with E-state index in [1.807, 2.05) is 26.8 Å². The Kier molecular flexibility index (Phi) is 8.06. The van der Waals surface area contributed by atoms with E-state index in [1.54, 1.807) is 37.2 Å². The first-order valence-electron chi connectivity index (χ1n) is 13.2. The molecule has 3 heterocycles. The highest BCUT2D eigenvalue weighted by Gasteiger charge is 2.51. The fourth-order valence-electron chi connectivity index (χ4n) is 5.55. The lowest BCUT2D eigenvalue weighted by atomic mass is 9.73. The van der Waals surface area contributed by atoms with Gasteiger partial charge in [-0.1, -0.05) is 29.4 Å². The van der Waals surface area contributed by atoms with Crippen LogP contribution in [0.3, 0.4) is 0 Å². The number of nitrogen functional groups attached to an aromatic ring is 1. The molecule has 0 amide bonds. The SMILES string of the molecule is COc1ccc2c(c1)[C@@H](N[S@+]([O-])C(C)(C)C)C1(CCN(c3ncc(Sc4ccnc(N)c4Cl)c(=O)n3C)CC1)C2. The number of pyridine rings is 1. The maximum Gasteiger partial charge on any atom is 0.268 e. The molecule has 1 aromatic carbocycles. The van der Waals surface area contributed by atoms with Gasteiger partial charge in [-0.25, -0.2) is 9.97 Å². The Labute approximate surface area is 247 Å². The Morgan fingerprint density at radius 2 is 1.95 bits per heavy atom. The number of methoxy groups -OCH3 is 1. The first kappa shape index (κ1) is 29.1. The van der Waals surface area contributed by atoms with Gasteiger partial charge in [0, 0.05) is 48.0 Å². The average Bonchev–Trinajstić information content (AvgIpc) is 3.21. The first-order chi connectivity index (χ1) is 18.9. The molecule has 1 fully saturated rings. The number of hydrogen-bond donors (Lipinski definition) is 2. The molecule has 40 heavy (non-hydrogen) atoms. The molecule has 214 valence electrons. The number of nitrogens with zero attached hydrogens (tertiary/aromatic N) is 4. The van der Waals surface area contributed by atoms with Crippen molar-refractivity contribution in [1.29, 1.82) is 0 Å². The maximum absolute atomic E-state index is 13.3. The Balaban J connectivity index is 1.38. The number of piperidine rings is 1. The summed E-state index contributed by atoms with van der Waals surface area (Å²) in [7, 11) is 3.42. The van der Waals surface area contributed by atoms with Crippen LogP contribution in [0.25, 0.3) is 0 Å². The van der Waals surface area contributed by atoms with Gasteiger partial charge in [0.25, 0.3) is 5.56 Å². The zero-order valence-electron chi connectivity index (χ0n) is 23.4. The van der Waals surface area contributed by atoms with E-state index in [0.29, 0.717) is 20.8 Å². The molecule has 2 atom stereocenters. The smallest absolute Gasteiger partial charge is 0.268 e. The van der Waals surface area contributed by atoms with Crippen LogP contribution in [0.15, 0.2) is 51.2 Å². The van der Waals surface area contributed by atoms with Gasteiger partial charge in [0.05, 0.1) is 29.3 Å². The molecule has 9 nitrogen and oxygen atoms in total. The summed E-state index contributed by atoms with van der Waals surface area (Å²) in [5.41, 5.74) is 8.00. The van der Waals surface area contributed by atoms with E-state index >= 15 is 0 Å². The molecular weight excluding hydrogens is 568 g/mol. The quantitative estimate of drug-likeness (QED) is 0.393. The molecule has 5 rings (SSSR count). The number of nitrogens with two attached hydrogens (primary N) is 1. The second-order valence-corrected chi connectivity index (χ2v) is 14.9. The molecule has 3 aromatic rings. The fraction of sp³-hybridized carbons (Fsp3) is 0.464. The van der Waals surface area contributed by atoms with Crippen molar-refractivity contribution in [1.82, 2.24) is 19.3 Å². The molecule has 0 bridgehead atoms. The van der Waals surface area contributed by atoms with Crippen LogP contribution in [0.5, 0.6) is 5.75 Å². The van der Waals surface area contributed by atoms with Crippen LogP contribution in [0.1, 0.15) is 50.8 Å². The summed E-state index contributed by atoms with van der Waals surface area (Å²) < 4.78 is 23.5. The van der Waals surface area contributed by atoms with Gasteiger partial charge in [-0.3, -0.25) is 9.36 Å². The lowest BCUT2D eigenvalue weighted by Gasteiger charge is -2.44. The molecule has 12 heteroatoms. The Morgan fingerprint density at radius 3 is 2.62 bits per heavy atom. The van der Waals surface area contributed by atoms with Gasteiger partial charge < -0.3 is 19.9 Å². The molecule has 0 saturated carbocycles. The number of halogens is 1. The minimum Gasteiger partial charge on any atom is -0.598 e. The molecule has 1 aliphatic carbocycles. The van der Waals surface area contributed by atoms with Crippen molar-refractivity contribution in [2.45, 2.75) is 60.6 Å². The molecule has 1 aliphatic heterocycles. The third-order valence-electron chi connectivity index (χ3n) is 7.86. The van der Waals surface area contributed by atoms with Crippen molar-refractivity contribution in [2.75, 3.05) is 30.8 Å². The van der Waals surface area contributed by atoms with E-state index in [9.17, 15) is 9.35 Å². The van der Waals surface area contributed by atoms with Gasteiger partial charge in [0.1, 0.15) is 16.3 Å². The third kappa shape index (κ3) is 5.42. The van der Waals surface area contributed by atoms with Crippen LogP contribution >= 0.6 is 23.4 Å². The predicted octanol–water partition coefficient (Wildman–Crippen LogP) is 4.51. The highest BCUT2D eigenvalue weighted by molar-refractivity contribution is 7.99. The number of aromatic nitrogens is 3. The lowest BCUT2D eigenvalue weighted by Crippen LogP contribution is -2.50. The number of hydrogen-bond acceptors (Lipinski definition) is 9. The number of nitrogens with one attached hydrogen (secondary N) is 1. The van der Waals surface area contributed by atoms with Crippen LogP contribution < -0.4 is 25.7 Å². The maximum atomic E-state index is 13.3. The minimum absolute atomic E-state index is 0.0621. The summed E-state index contributed by atoms with van der Waals surface area (Å²) in [6.07, 6.45) is 5.80. The van der Waals surface area contributed by atoms with Crippen LogP contribution in [0.2, 0.25) is 5.02 Å². The molecular formula is C28H35ClN6O3S2. The standard InChI is InChI=1S/C28H35ClN6O3S2/c1-27(2,3)40(37)33-23-19-14-18(38-5)7-6-17(19)15-28(23)9-12-35(13-10-28)26-32-16-21(25(36)34(26)4)39-20-8-11-31-24(30)22(20)29/h6-8,11,14,16,23,33H,9-10,12-13,15H2,1-5H3,(H2,30,31)/t23-,40-/m1/s1. The van der Waals surface area contributed by atoms with E-state index in [1.165, 1.54) is 17.3 Å². The van der Waals surface area contributed by atoms with E-state index in [0.717, 1.165) is 43.7 Å². The summed E-state index contributed by atoms with van der Waals surface area (Å²) in [5.74, 6) is 1.65. The Hall–Kier alpha value is -2.44. The van der Waals surface area contributed by atoms with Crippen LogP contribution in [-0.4, -0.2) is 44.0 Å². The second kappa shape index (κ2) is 11.1. The number of fused-ring (bicyclic) bond motifs is 1. The van der Waals surface area contributed by atoms with E-state index in [2.05, 4.69) is 31.7 Å². The number of ether oxygens (including phenoxy) is 1. The van der Waals surface area contributed by atoms with Crippen molar-refractivity contribution in [3.8, 4) is 5.75 Å². The molecule has 1 saturated heterocycles. The molecule has 2 aromatic heterocycles. The number of anilines is 2. The van der Waals surface area contributed by atoms with Gasteiger partial charge in [0.2, 0.25) is 5.95 Å². The molecule has 0 radical (unpaired) electrons. The predicted molar refractivity (Wildman–Crippen MR) is 162 cm³/mol. The summed E-state index contributed by atoms with van der Waals surface area (Å²) in [6.45, 7) is 7.41. The van der Waals surface area contributed by atoms with Crippen molar-refractivity contribution in [2.24, 2.45) is 12.5 Å². The van der Waals surface area contributed by atoms with Crippen molar-refractivity contribution in [3.63, 3.8) is 0 Å². The molecule has 1 spiro atoms. The van der Waals surface area contributed by atoms with Crippen LogP contribution in [-0.2, 0) is 24.8 Å². The van der Waals surface area contributed by atoms with Gasteiger partial charge >= 0.3 is 0 Å². The Morgan fingerprint density at radius 1 is 1.23 bits per heavy atom. The first-order valence-corrected chi connectivity index (χ1v) is 15.5.